The Morgan fingerprint density at radius 3 is 2.78 bits per heavy atom. The first-order chi connectivity index (χ1) is 12.8. The predicted octanol–water partition coefficient (Wildman–Crippen LogP) is 2.20. The lowest BCUT2D eigenvalue weighted by Gasteiger charge is -2.38. The van der Waals surface area contributed by atoms with Crippen molar-refractivity contribution in [3.63, 3.8) is 0 Å². The zero-order valence-electron chi connectivity index (χ0n) is 15.8. The number of rotatable bonds is 4. The fourth-order valence-electron chi connectivity index (χ4n) is 3.40. The molecular formula is C19H23FN4O3. The summed E-state index contributed by atoms with van der Waals surface area (Å²) in [6, 6.07) is 5.14. The van der Waals surface area contributed by atoms with Crippen LogP contribution in [0.4, 0.5) is 10.1 Å². The van der Waals surface area contributed by atoms with Crippen molar-refractivity contribution >= 4 is 17.5 Å². The molecule has 2 amide bonds. The minimum Gasteiger partial charge on any atom is -0.356 e. The average molecular weight is 374 g/mol. The highest BCUT2D eigenvalue weighted by atomic mass is 19.1. The number of nitrogens with one attached hydrogen (secondary N) is 1. The second-order valence-electron chi connectivity index (χ2n) is 6.59. The molecule has 0 aliphatic carbocycles. The van der Waals surface area contributed by atoms with Gasteiger partial charge in [-0.3, -0.25) is 14.3 Å². The average Bonchev–Trinajstić information content (AvgIpc) is 2.91. The van der Waals surface area contributed by atoms with Crippen LogP contribution in [0.3, 0.4) is 0 Å². The molecule has 0 bridgehead atoms. The minimum absolute atomic E-state index is 0.202. The van der Waals surface area contributed by atoms with Crippen LogP contribution in [0.1, 0.15) is 29.9 Å². The van der Waals surface area contributed by atoms with Gasteiger partial charge in [-0.1, -0.05) is 12.1 Å². The van der Waals surface area contributed by atoms with E-state index in [0.29, 0.717) is 23.5 Å². The van der Waals surface area contributed by atoms with Crippen molar-refractivity contribution in [2.24, 2.45) is 0 Å². The van der Waals surface area contributed by atoms with Crippen molar-refractivity contribution in [2.45, 2.75) is 39.5 Å². The summed E-state index contributed by atoms with van der Waals surface area (Å²) in [5.41, 5.74) is 2.67. The molecule has 144 valence electrons. The fraction of sp³-hybridized carbons (Fsp3) is 0.421. The van der Waals surface area contributed by atoms with E-state index in [4.69, 9.17) is 4.74 Å². The number of morpholine rings is 1. The Labute approximate surface area is 157 Å². The number of aryl methyl sites for hydroxylation is 2. The van der Waals surface area contributed by atoms with Gasteiger partial charge in [0.1, 0.15) is 12.4 Å². The van der Waals surface area contributed by atoms with E-state index in [9.17, 15) is 14.0 Å². The van der Waals surface area contributed by atoms with E-state index in [0.717, 1.165) is 5.69 Å². The molecule has 0 radical (unpaired) electrons. The molecule has 0 unspecified atom stereocenters. The first-order valence-corrected chi connectivity index (χ1v) is 8.81. The summed E-state index contributed by atoms with van der Waals surface area (Å²) in [6.07, 6.45) is -0.960. The number of aromatic nitrogens is 2. The number of hydrogen-bond donors (Lipinski definition) is 1. The molecule has 1 saturated heterocycles. The van der Waals surface area contributed by atoms with E-state index in [1.54, 1.807) is 23.9 Å². The maximum atomic E-state index is 13.7. The standard InChI is InChI=1S/C19H23FN4O3/c1-5-24-12(3)16(11(2)22-24)21-19(26)18-17(23(4)15(25)10-27-18)13-7-6-8-14(20)9-13/h6-9,17-18H,5,10H2,1-4H3,(H,21,26)/t17-,18+/m0/s1. The van der Waals surface area contributed by atoms with Crippen LogP contribution >= 0.6 is 0 Å². The number of halogens is 1. The SMILES string of the molecule is CCn1nc(C)c(NC(=O)[C@@H]2OCC(=O)N(C)[C@H]2c2cccc(F)c2)c1C. The molecule has 27 heavy (non-hydrogen) atoms. The molecule has 0 saturated carbocycles. The highest BCUT2D eigenvalue weighted by Gasteiger charge is 2.40. The van der Waals surface area contributed by atoms with Crippen LogP contribution in [-0.4, -0.2) is 46.3 Å². The summed E-state index contributed by atoms with van der Waals surface area (Å²) in [5.74, 6) is -1.10. The van der Waals surface area contributed by atoms with Gasteiger partial charge in [0.15, 0.2) is 6.10 Å². The molecular weight excluding hydrogens is 351 g/mol. The number of ether oxygens (including phenoxy) is 1. The molecule has 3 rings (SSSR count). The van der Waals surface area contributed by atoms with Crippen LogP contribution in [0.2, 0.25) is 0 Å². The largest absolute Gasteiger partial charge is 0.356 e. The summed E-state index contributed by atoms with van der Waals surface area (Å²) in [5, 5.41) is 7.26. The van der Waals surface area contributed by atoms with Crippen LogP contribution in [0.25, 0.3) is 0 Å². The van der Waals surface area contributed by atoms with Crippen molar-refractivity contribution in [1.29, 1.82) is 0 Å². The third-order valence-electron chi connectivity index (χ3n) is 4.86. The summed E-state index contributed by atoms with van der Waals surface area (Å²) < 4.78 is 21.1. The molecule has 1 aliphatic heterocycles. The Hall–Kier alpha value is -2.74. The van der Waals surface area contributed by atoms with Crippen molar-refractivity contribution < 1.29 is 18.7 Å². The Morgan fingerprint density at radius 1 is 1.41 bits per heavy atom. The molecule has 2 atom stereocenters. The number of anilines is 1. The van der Waals surface area contributed by atoms with E-state index in [1.165, 1.54) is 17.0 Å². The molecule has 8 heteroatoms. The van der Waals surface area contributed by atoms with E-state index < -0.39 is 23.9 Å². The molecule has 7 nitrogen and oxygen atoms in total. The maximum Gasteiger partial charge on any atom is 0.256 e. The van der Waals surface area contributed by atoms with Crippen molar-refractivity contribution in [3.05, 3.63) is 47.0 Å². The molecule has 1 N–H and O–H groups in total. The second kappa shape index (κ2) is 7.48. The van der Waals surface area contributed by atoms with Gasteiger partial charge in [0, 0.05) is 13.6 Å². The molecule has 2 heterocycles. The van der Waals surface area contributed by atoms with E-state index in [-0.39, 0.29) is 12.5 Å². The lowest BCUT2D eigenvalue weighted by Crippen LogP contribution is -2.51. The Kier molecular flexibility index (Phi) is 5.27. The van der Waals surface area contributed by atoms with E-state index >= 15 is 0 Å². The van der Waals surface area contributed by atoms with Crippen LogP contribution in [0.15, 0.2) is 24.3 Å². The third kappa shape index (κ3) is 3.57. The summed E-state index contributed by atoms with van der Waals surface area (Å²) in [7, 11) is 1.59. The zero-order chi connectivity index (χ0) is 19.7. The normalized spacial score (nSPS) is 20.0. The zero-order valence-corrected chi connectivity index (χ0v) is 15.8. The van der Waals surface area contributed by atoms with Gasteiger partial charge < -0.3 is 15.0 Å². The van der Waals surface area contributed by atoms with Gasteiger partial charge in [0.25, 0.3) is 5.91 Å². The van der Waals surface area contributed by atoms with Crippen LogP contribution in [0.5, 0.6) is 0 Å². The molecule has 2 aromatic rings. The first-order valence-electron chi connectivity index (χ1n) is 8.81. The molecule has 1 aromatic heterocycles. The summed E-state index contributed by atoms with van der Waals surface area (Å²) in [6.45, 7) is 6.14. The van der Waals surface area contributed by atoms with Crippen molar-refractivity contribution in [3.8, 4) is 0 Å². The van der Waals surface area contributed by atoms with Gasteiger partial charge in [-0.15, -0.1) is 0 Å². The third-order valence-corrected chi connectivity index (χ3v) is 4.86. The Morgan fingerprint density at radius 2 is 2.15 bits per heavy atom. The van der Waals surface area contributed by atoms with Gasteiger partial charge in [-0.25, -0.2) is 4.39 Å². The molecule has 0 spiro atoms. The fourth-order valence-corrected chi connectivity index (χ4v) is 3.40. The van der Waals surface area contributed by atoms with Gasteiger partial charge in [0.2, 0.25) is 5.91 Å². The Balaban J connectivity index is 1.92. The number of carbonyl (C=O) groups is 2. The lowest BCUT2D eigenvalue weighted by atomic mass is 9.97. The number of benzene rings is 1. The van der Waals surface area contributed by atoms with Crippen LogP contribution < -0.4 is 5.32 Å². The number of carbonyl (C=O) groups excluding carboxylic acids is 2. The molecule has 1 fully saturated rings. The van der Waals surface area contributed by atoms with Gasteiger partial charge in [0.05, 0.1) is 23.1 Å². The maximum absolute atomic E-state index is 13.7. The summed E-state index contributed by atoms with van der Waals surface area (Å²) >= 11 is 0. The van der Waals surface area contributed by atoms with Crippen molar-refractivity contribution in [2.75, 3.05) is 19.0 Å². The predicted molar refractivity (Wildman–Crippen MR) is 97.7 cm³/mol. The van der Waals surface area contributed by atoms with Gasteiger partial charge >= 0.3 is 0 Å². The van der Waals surface area contributed by atoms with Gasteiger partial charge in [-0.2, -0.15) is 5.10 Å². The second-order valence-corrected chi connectivity index (χ2v) is 6.59. The first kappa shape index (κ1) is 19.0. The number of amides is 2. The lowest BCUT2D eigenvalue weighted by molar-refractivity contribution is -0.160. The van der Waals surface area contributed by atoms with E-state index in [1.807, 2.05) is 20.8 Å². The number of likely N-dealkylation sites (N-methyl/N-ethyl adjacent to an activating group) is 1. The Bertz CT molecular complexity index is 880. The van der Waals surface area contributed by atoms with Gasteiger partial charge in [-0.05, 0) is 38.5 Å². The smallest absolute Gasteiger partial charge is 0.256 e. The highest BCUT2D eigenvalue weighted by Crippen LogP contribution is 2.31. The topological polar surface area (TPSA) is 76.5 Å². The quantitative estimate of drug-likeness (QED) is 0.890. The van der Waals surface area contributed by atoms with Crippen molar-refractivity contribution in [1.82, 2.24) is 14.7 Å². The van der Waals surface area contributed by atoms with E-state index in [2.05, 4.69) is 10.4 Å². The molecule has 1 aliphatic rings. The number of nitrogens with zero attached hydrogens (tertiary/aromatic N) is 3. The number of hydrogen-bond acceptors (Lipinski definition) is 4. The molecule has 1 aromatic carbocycles. The highest BCUT2D eigenvalue weighted by molar-refractivity contribution is 5.97. The summed E-state index contributed by atoms with van der Waals surface area (Å²) in [4.78, 5) is 26.5. The van der Waals surface area contributed by atoms with Crippen LogP contribution in [-0.2, 0) is 20.9 Å². The minimum atomic E-state index is -0.960. The monoisotopic (exact) mass is 374 g/mol. The van der Waals surface area contributed by atoms with Crippen LogP contribution in [0, 0.1) is 19.7 Å².